The number of hydrogen-bond acceptors (Lipinski definition) is 7. The number of thioether (sulfide) groups is 1. The zero-order valence-corrected chi connectivity index (χ0v) is 13.3. The molecule has 2 aromatic heterocycles. The van der Waals surface area contributed by atoms with Gasteiger partial charge in [-0.3, -0.25) is 0 Å². The molecule has 0 aliphatic carbocycles. The minimum absolute atomic E-state index is 0.685. The average Bonchev–Trinajstić information content (AvgIpc) is 3.12. The summed E-state index contributed by atoms with van der Waals surface area (Å²) < 4.78 is 12.2. The van der Waals surface area contributed by atoms with Crippen LogP contribution in [0.25, 0.3) is 5.69 Å². The number of rotatable bonds is 5. The first kappa shape index (κ1) is 14.6. The number of nitrogens with zero attached hydrogens (tertiary/aromatic N) is 5. The number of ether oxygens (including phenoxy) is 1. The van der Waals surface area contributed by atoms with E-state index in [0.29, 0.717) is 16.7 Å². The Kier molecular flexibility index (Phi) is 4.10. The van der Waals surface area contributed by atoms with E-state index in [4.69, 9.17) is 9.26 Å². The molecule has 7 nitrogen and oxygen atoms in total. The molecule has 114 valence electrons. The first-order chi connectivity index (χ1) is 10.7. The van der Waals surface area contributed by atoms with Gasteiger partial charge in [-0.05, 0) is 36.4 Å². The Bertz CT molecular complexity index is 764. The predicted molar refractivity (Wildman–Crippen MR) is 81.2 cm³/mol. The van der Waals surface area contributed by atoms with E-state index < -0.39 is 0 Å². The fourth-order valence-electron chi connectivity index (χ4n) is 2.07. The van der Waals surface area contributed by atoms with Crippen LogP contribution in [0.3, 0.4) is 0 Å². The van der Waals surface area contributed by atoms with Gasteiger partial charge in [0.25, 0.3) is 0 Å². The number of benzene rings is 1. The molecule has 0 unspecified atom stereocenters. The molecule has 0 saturated heterocycles. The Morgan fingerprint density at radius 1 is 1.27 bits per heavy atom. The van der Waals surface area contributed by atoms with Gasteiger partial charge in [0.1, 0.15) is 17.2 Å². The summed E-state index contributed by atoms with van der Waals surface area (Å²) in [5.74, 6) is 2.23. The lowest BCUT2D eigenvalue weighted by molar-refractivity contribution is 0.392. The van der Waals surface area contributed by atoms with E-state index >= 15 is 0 Å². The van der Waals surface area contributed by atoms with Gasteiger partial charge in [-0.25, -0.2) is 0 Å². The second kappa shape index (κ2) is 6.18. The van der Waals surface area contributed by atoms with Crippen molar-refractivity contribution in [2.24, 2.45) is 0 Å². The molecule has 0 aliphatic rings. The molecule has 0 spiro atoms. The van der Waals surface area contributed by atoms with Crippen molar-refractivity contribution in [3.8, 4) is 11.4 Å². The lowest BCUT2D eigenvalue weighted by atomic mass is 10.2. The first-order valence-electron chi connectivity index (χ1n) is 6.67. The fraction of sp³-hybridized carbons (Fsp3) is 0.286. The smallest absolute Gasteiger partial charge is 0.214 e. The standard InChI is InChI=1S/C14H15N5O2S/c1-9-11(10(2)21-16-9)8-22-14-15-17-18-19(14)12-6-4-5-7-13(12)20-3/h4-7H,8H2,1-3H3. The Morgan fingerprint density at radius 3 is 2.82 bits per heavy atom. The Morgan fingerprint density at radius 2 is 2.09 bits per heavy atom. The molecule has 0 atom stereocenters. The topological polar surface area (TPSA) is 78.9 Å². The number of hydrogen-bond donors (Lipinski definition) is 0. The lowest BCUT2D eigenvalue weighted by Gasteiger charge is -2.08. The zero-order chi connectivity index (χ0) is 15.5. The van der Waals surface area contributed by atoms with Gasteiger partial charge < -0.3 is 9.26 Å². The molecule has 2 heterocycles. The molecule has 3 rings (SSSR count). The number of methoxy groups -OCH3 is 1. The summed E-state index contributed by atoms with van der Waals surface area (Å²) in [4.78, 5) is 0. The monoisotopic (exact) mass is 317 g/mol. The second-order valence-corrected chi connectivity index (χ2v) is 5.58. The highest BCUT2D eigenvalue weighted by atomic mass is 32.2. The quantitative estimate of drug-likeness (QED) is 0.669. The van der Waals surface area contributed by atoms with E-state index in [1.165, 1.54) is 11.8 Å². The van der Waals surface area contributed by atoms with Crippen molar-refractivity contribution in [2.45, 2.75) is 24.8 Å². The van der Waals surface area contributed by atoms with Crippen molar-refractivity contribution in [3.05, 3.63) is 41.3 Å². The van der Waals surface area contributed by atoms with Gasteiger partial charge in [0.05, 0.1) is 12.8 Å². The van der Waals surface area contributed by atoms with Crippen LogP contribution in [-0.2, 0) is 5.75 Å². The molecule has 22 heavy (non-hydrogen) atoms. The Balaban J connectivity index is 1.87. The summed E-state index contributed by atoms with van der Waals surface area (Å²) >= 11 is 1.53. The highest BCUT2D eigenvalue weighted by Gasteiger charge is 2.15. The van der Waals surface area contributed by atoms with Gasteiger partial charge in [0, 0.05) is 11.3 Å². The molecule has 0 radical (unpaired) electrons. The molecule has 3 aromatic rings. The van der Waals surface area contributed by atoms with E-state index in [1.54, 1.807) is 11.8 Å². The maximum Gasteiger partial charge on any atom is 0.214 e. The van der Waals surface area contributed by atoms with Crippen LogP contribution < -0.4 is 4.74 Å². The van der Waals surface area contributed by atoms with E-state index in [-0.39, 0.29) is 0 Å². The van der Waals surface area contributed by atoms with Crippen molar-refractivity contribution >= 4 is 11.8 Å². The summed E-state index contributed by atoms with van der Waals surface area (Å²) in [6.45, 7) is 3.83. The molecular formula is C14H15N5O2S. The maximum atomic E-state index is 5.36. The van der Waals surface area contributed by atoms with Gasteiger partial charge in [-0.15, -0.1) is 5.10 Å². The van der Waals surface area contributed by atoms with Crippen LogP contribution in [0.15, 0.2) is 33.9 Å². The van der Waals surface area contributed by atoms with E-state index in [9.17, 15) is 0 Å². The van der Waals surface area contributed by atoms with Crippen LogP contribution in [0.5, 0.6) is 5.75 Å². The van der Waals surface area contributed by atoms with E-state index in [2.05, 4.69) is 20.7 Å². The van der Waals surface area contributed by atoms with Crippen LogP contribution in [0, 0.1) is 13.8 Å². The molecule has 0 saturated carbocycles. The highest BCUT2D eigenvalue weighted by molar-refractivity contribution is 7.98. The van der Waals surface area contributed by atoms with Crippen molar-refractivity contribution in [1.82, 2.24) is 25.4 Å². The maximum absolute atomic E-state index is 5.36. The highest BCUT2D eigenvalue weighted by Crippen LogP contribution is 2.28. The van der Waals surface area contributed by atoms with Crippen molar-refractivity contribution < 1.29 is 9.26 Å². The SMILES string of the molecule is COc1ccccc1-n1nnnc1SCc1c(C)noc1C. The van der Waals surface area contributed by atoms with Crippen molar-refractivity contribution in [2.75, 3.05) is 7.11 Å². The molecule has 0 bridgehead atoms. The van der Waals surface area contributed by atoms with Crippen LogP contribution in [0.2, 0.25) is 0 Å². The molecule has 0 aliphatic heterocycles. The third kappa shape index (κ3) is 2.69. The second-order valence-electron chi connectivity index (χ2n) is 4.64. The van der Waals surface area contributed by atoms with Gasteiger partial charge in [0.15, 0.2) is 0 Å². The largest absolute Gasteiger partial charge is 0.494 e. The summed E-state index contributed by atoms with van der Waals surface area (Å²) in [6.07, 6.45) is 0. The van der Waals surface area contributed by atoms with Crippen LogP contribution >= 0.6 is 11.8 Å². The van der Waals surface area contributed by atoms with Crippen molar-refractivity contribution in [1.29, 1.82) is 0 Å². The minimum atomic E-state index is 0.685. The molecule has 0 fully saturated rings. The lowest BCUT2D eigenvalue weighted by Crippen LogP contribution is -2.02. The van der Waals surface area contributed by atoms with E-state index in [0.717, 1.165) is 22.7 Å². The van der Waals surface area contributed by atoms with Crippen LogP contribution in [-0.4, -0.2) is 32.5 Å². The van der Waals surface area contributed by atoms with Gasteiger partial charge >= 0.3 is 0 Å². The summed E-state index contributed by atoms with van der Waals surface area (Å²) in [7, 11) is 1.62. The minimum Gasteiger partial charge on any atom is -0.494 e. The summed E-state index contributed by atoms with van der Waals surface area (Å²) in [6, 6.07) is 7.61. The number of aromatic nitrogens is 5. The van der Waals surface area contributed by atoms with Crippen LogP contribution in [0.4, 0.5) is 0 Å². The zero-order valence-electron chi connectivity index (χ0n) is 12.5. The van der Waals surface area contributed by atoms with Gasteiger partial charge in [-0.1, -0.05) is 29.1 Å². The Labute approximate surface area is 131 Å². The fourth-order valence-corrected chi connectivity index (χ4v) is 3.11. The number of tetrazole rings is 1. The van der Waals surface area contributed by atoms with E-state index in [1.807, 2.05) is 38.1 Å². The average molecular weight is 317 g/mol. The van der Waals surface area contributed by atoms with Gasteiger partial charge in [0.2, 0.25) is 5.16 Å². The van der Waals surface area contributed by atoms with Gasteiger partial charge in [-0.2, -0.15) is 4.68 Å². The predicted octanol–water partition coefficient (Wildman–Crippen LogP) is 2.57. The van der Waals surface area contributed by atoms with Crippen molar-refractivity contribution in [3.63, 3.8) is 0 Å². The molecule has 0 N–H and O–H groups in total. The Hall–Kier alpha value is -2.35. The third-order valence-electron chi connectivity index (χ3n) is 3.28. The summed E-state index contributed by atoms with van der Waals surface area (Å²) in [5.41, 5.74) is 2.76. The first-order valence-corrected chi connectivity index (χ1v) is 7.65. The molecule has 1 aromatic carbocycles. The summed E-state index contributed by atoms with van der Waals surface area (Å²) in [5, 5.41) is 16.5. The molecular weight excluding hydrogens is 302 g/mol. The number of aryl methyl sites for hydroxylation is 2. The molecule has 0 amide bonds. The third-order valence-corrected chi connectivity index (χ3v) is 4.23. The number of para-hydroxylation sites is 2. The normalized spacial score (nSPS) is 10.9. The van der Waals surface area contributed by atoms with Crippen LogP contribution in [0.1, 0.15) is 17.0 Å². The molecule has 8 heteroatoms.